The molecule has 0 spiro atoms. The first-order valence-corrected chi connectivity index (χ1v) is 6.99. The van der Waals surface area contributed by atoms with E-state index in [0.29, 0.717) is 26.3 Å². The zero-order chi connectivity index (χ0) is 16.0. The number of rotatable bonds is 5. The van der Waals surface area contributed by atoms with Crippen LogP contribution in [-0.4, -0.2) is 66.3 Å². The summed E-state index contributed by atoms with van der Waals surface area (Å²) in [4.78, 5) is 36.3. The zero-order valence-corrected chi connectivity index (χ0v) is 12.6. The summed E-state index contributed by atoms with van der Waals surface area (Å²) < 4.78 is 5.16. The molecule has 1 fully saturated rings. The van der Waals surface area contributed by atoms with Crippen LogP contribution in [-0.2, 0) is 14.3 Å². The van der Waals surface area contributed by atoms with Crippen LogP contribution in [0.5, 0.6) is 0 Å². The van der Waals surface area contributed by atoms with Gasteiger partial charge in [-0.05, 0) is 20.8 Å². The molecular weight excluding hydrogens is 278 g/mol. The number of aliphatic carboxylic acids is 1. The van der Waals surface area contributed by atoms with Crippen molar-refractivity contribution in [3.8, 4) is 0 Å². The van der Waals surface area contributed by atoms with E-state index in [2.05, 4.69) is 10.6 Å². The van der Waals surface area contributed by atoms with Crippen molar-refractivity contribution in [3.05, 3.63) is 0 Å². The van der Waals surface area contributed by atoms with Crippen LogP contribution in [0.1, 0.15) is 20.8 Å². The topological polar surface area (TPSA) is 108 Å². The Morgan fingerprint density at radius 2 is 1.67 bits per heavy atom. The van der Waals surface area contributed by atoms with Crippen molar-refractivity contribution < 1.29 is 24.2 Å². The molecule has 1 heterocycles. The number of amides is 3. The van der Waals surface area contributed by atoms with Gasteiger partial charge in [0.05, 0.1) is 19.1 Å². The summed E-state index contributed by atoms with van der Waals surface area (Å²) in [5.41, 5.74) is 0. The van der Waals surface area contributed by atoms with Crippen LogP contribution >= 0.6 is 0 Å². The van der Waals surface area contributed by atoms with Crippen LogP contribution in [0.4, 0.5) is 4.79 Å². The summed E-state index contributed by atoms with van der Waals surface area (Å²) in [7, 11) is 0. The van der Waals surface area contributed by atoms with Gasteiger partial charge in [0.2, 0.25) is 5.91 Å². The molecule has 3 N–H and O–H groups in total. The lowest BCUT2D eigenvalue weighted by atomic mass is 10.0. The third-order valence-electron chi connectivity index (χ3n) is 3.54. The number of carboxylic acids is 1. The summed E-state index contributed by atoms with van der Waals surface area (Å²) in [6.45, 7) is 6.73. The van der Waals surface area contributed by atoms with Crippen molar-refractivity contribution in [2.24, 2.45) is 5.92 Å². The summed E-state index contributed by atoms with van der Waals surface area (Å²) in [6, 6.07) is -1.76. The highest BCUT2D eigenvalue weighted by atomic mass is 16.5. The standard InChI is InChI=1S/C13H23N3O5/c1-8(12(18)19)9(2)14-13(20)15-10(3)11(17)16-4-6-21-7-5-16/h8-10H,4-7H2,1-3H3,(H,18,19)(H2,14,15,20). The van der Waals surface area contributed by atoms with Crippen LogP contribution < -0.4 is 10.6 Å². The second kappa shape index (κ2) is 7.82. The van der Waals surface area contributed by atoms with Crippen molar-refractivity contribution in [2.75, 3.05) is 26.3 Å². The van der Waals surface area contributed by atoms with Crippen molar-refractivity contribution >= 4 is 17.9 Å². The van der Waals surface area contributed by atoms with Gasteiger partial charge in [0, 0.05) is 19.1 Å². The molecule has 0 radical (unpaired) electrons. The summed E-state index contributed by atoms with van der Waals surface area (Å²) >= 11 is 0. The second-order valence-electron chi connectivity index (χ2n) is 5.19. The molecule has 120 valence electrons. The monoisotopic (exact) mass is 301 g/mol. The number of urea groups is 1. The maximum Gasteiger partial charge on any atom is 0.315 e. The Morgan fingerprint density at radius 1 is 1.10 bits per heavy atom. The van der Waals surface area contributed by atoms with E-state index in [0.717, 1.165) is 0 Å². The largest absolute Gasteiger partial charge is 0.481 e. The van der Waals surface area contributed by atoms with Crippen LogP contribution in [0, 0.1) is 5.92 Å². The predicted molar refractivity (Wildman–Crippen MR) is 74.8 cm³/mol. The van der Waals surface area contributed by atoms with Gasteiger partial charge in [0.25, 0.3) is 0 Å². The number of carbonyl (C=O) groups excluding carboxylic acids is 2. The minimum Gasteiger partial charge on any atom is -0.481 e. The number of carbonyl (C=O) groups is 3. The molecule has 1 rings (SSSR count). The number of nitrogens with one attached hydrogen (secondary N) is 2. The van der Waals surface area contributed by atoms with Gasteiger partial charge in [-0.2, -0.15) is 0 Å². The summed E-state index contributed by atoms with van der Waals surface area (Å²) in [5, 5.41) is 13.9. The molecule has 0 aliphatic carbocycles. The lowest BCUT2D eigenvalue weighted by molar-refractivity contribution is -0.142. The third-order valence-corrected chi connectivity index (χ3v) is 3.54. The Hall–Kier alpha value is -1.83. The van der Waals surface area contributed by atoms with E-state index >= 15 is 0 Å². The molecule has 0 bridgehead atoms. The molecule has 1 saturated heterocycles. The lowest BCUT2D eigenvalue weighted by Gasteiger charge is -2.29. The molecule has 21 heavy (non-hydrogen) atoms. The van der Waals surface area contributed by atoms with Crippen LogP contribution in [0.3, 0.4) is 0 Å². The van der Waals surface area contributed by atoms with Gasteiger partial charge in [0.1, 0.15) is 6.04 Å². The Balaban J connectivity index is 2.42. The van der Waals surface area contributed by atoms with Gasteiger partial charge < -0.3 is 25.4 Å². The van der Waals surface area contributed by atoms with Crippen molar-refractivity contribution in [1.82, 2.24) is 15.5 Å². The highest BCUT2D eigenvalue weighted by Crippen LogP contribution is 2.03. The van der Waals surface area contributed by atoms with E-state index in [-0.39, 0.29) is 5.91 Å². The van der Waals surface area contributed by atoms with E-state index < -0.39 is 30.0 Å². The molecule has 3 atom stereocenters. The van der Waals surface area contributed by atoms with Crippen LogP contribution in [0.15, 0.2) is 0 Å². The minimum absolute atomic E-state index is 0.174. The molecule has 0 aromatic carbocycles. The number of hydrogen-bond donors (Lipinski definition) is 3. The maximum absolute atomic E-state index is 12.1. The Kier molecular flexibility index (Phi) is 6.41. The van der Waals surface area contributed by atoms with E-state index in [9.17, 15) is 14.4 Å². The van der Waals surface area contributed by atoms with Gasteiger partial charge in [-0.1, -0.05) is 0 Å². The molecule has 0 aromatic heterocycles. The van der Waals surface area contributed by atoms with E-state index in [1.54, 1.807) is 18.7 Å². The highest BCUT2D eigenvalue weighted by molar-refractivity contribution is 5.87. The quantitative estimate of drug-likeness (QED) is 0.643. The summed E-state index contributed by atoms with van der Waals surface area (Å²) in [5.74, 6) is -1.87. The Bertz CT molecular complexity index is 395. The molecule has 1 aliphatic heterocycles. The van der Waals surface area contributed by atoms with Crippen molar-refractivity contribution in [2.45, 2.75) is 32.9 Å². The average Bonchev–Trinajstić information content (AvgIpc) is 2.46. The Labute approximate surface area is 123 Å². The van der Waals surface area contributed by atoms with Crippen LogP contribution in [0.2, 0.25) is 0 Å². The third kappa shape index (κ3) is 5.22. The fourth-order valence-corrected chi connectivity index (χ4v) is 1.90. The number of ether oxygens (including phenoxy) is 1. The Morgan fingerprint density at radius 3 is 2.19 bits per heavy atom. The van der Waals surface area contributed by atoms with Gasteiger partial charge in [-0.15, -0.1) is 0 Å². The van der Waals surface area contributed by atoms with Gasteiger partial charge in [-0.25, -0.2) is 4.79 Å². The number of nitrogens with zero attached hydrogens (tertiary/aromatic N) is 1. The molecule has 3 amide bonds. The predicted octanol–water partition coefficient (Wildman–Crippen LogP) is -0.358. The lowest BCUT2D eigenvalue weighted by Crippen LogP contribution is -2.54. The minimum atomic E-state index is -0.986. The van der Waals surface area contributed by atoms with Gasteiger partial charge in [-0.3, -0.25) is 9.59 Å². The number of morpholine rings is 1. The molecular formula is C13H23N3O5. The first-order chi connectivity index (χ1) is 9.82. The highest BCUT2D eigenvalue weighted by Gasteiger charge is 2.25. The average molecular weight is 301 g/mol. The first-order valence-electron chi connectivity index (χ1n) is 6.99. The molecule has 0 saturated carbocycles. The fraction of sp³-hybridized carbons (Fsp3) is 0.769. The fourth-order valence-electron chi connectivity index (χ4n) is 1.90. The number of carboxylic acid groups (broad SMARTS) is 1. The smallest absolute Gasteiger partial charge is 0.315 e. The van der Waals surface area contributed by atoms with E-state index in [1.165, 1.54) is 6.92 Å². The molecule has 8 nitrogen and oxygen atoms in total. The van der Waals surface area contributed by atoms with Crippen molar-refractivity contribution in [3.63, 3.8) is 0 Å². The van der Waals surface area contributed by atoms with E-state index in [1.807, 2.05) is 0 Å². The molecule has 0 aromatic rings. The van der Waals surface area contributed by atoms with Crippen LogP contribution in [0.25, 0.3) is 0 Å². The molecule has 1 aliphatic rings. The SMILES string of the molecule is CC(NC(=O)NC(C)C(C)C(=O)O)C(=O)N1CCOCC1. The van der Waals surface area contributed by atoms with E-state index in [4.69, 9.17) is 9.84 Å². The second-order valence-corrected chi connectivity index (χ2v) is 5.19. The van der Waals surface area contributed by atoms with Gasteiger partial charge in [0.15, 0.2) is 0 Å². The van der Waals surface area contributed by atoms with Gasteiger partial charge >= 0.3 is 12.0 Å². The van der Waals surface area contributed by atoms with Crippen molar-refractivity contribution in [1.29, 1.82) is 0 Å². The maximum atomic E-state index is 12.1. The summed E-state index contributed by atoms with van der Waals surface area (Å²) in [6.07, 6.45) is 0. The zero-order valence-electron chi connectivity index (χ0n) is 12.6. The molecule has 8 heteroatoms. The first kappa shape index (κ1) is 17.2. The molecule has 3 unspecified atom stereocenters. The normalized spacial score (nSPS) is 19.3. The number of hydrogen-bond acceptors (Lipinski definition) is 4.